The minimum atomic E-state index is -0.0652. The molecule has 2 N–H and O–H groups in total. The number of halogens is 1. The molecule has 3 rings (SSSR count). The van der Waals surface area contributed by atoms with Gasteiger partial charge in [0, 0.05) is 27.7 Å². The zero-order chi connectivity index (χ0) is 15.7. The van der Waals surface area contributed by atoms with Crippen molar-refractivity contribution in [1.82, 2.24) is 15.0 Å². The topological polar surface area (TPSA) is 70.7 Å². The molecule has 2 aromatic heterocycles. The summed E-state index contributed by atoms with van der Waals surface area (Å²) in [4.78, 5) is 23.4. The number of benzene rings is 1. The Kier molecular flexibility index (Phi) is 3.94. The molecule has 2 heterocycles. The molecule has 0 aliphatic carbocycles. The number of aromatic amines is 1. The Balaban J connectivity index is 1.95. The third kappa shape index (κ3) is 2.87. The van der Waals surface area contributed by atoms with E-state index in [1.807, 2.05) is 38.1 Å². The first-order valence-electron chi connectivity index (χ1n) is 6.88. The Morgan fingerprint density at radius 1 is 1.23 bits per heavy atom. The van der Waals surface area contributed by atoms with Crippen LogP contribution in [-0.4, -0.2) is 15.0 Å². The molecule has 112 valence electrons. The van der Waals surface area contributed by atoms with E-state index in [9.17, 15) is 4.79 Å². The minimum absolute atomic E-state index is 0.0652. The first-order chi connectivity index (χ1) is 10.5. The van der Waals surface area contributed by atoms with E-state index in [0.717, 1.165) is 26.6 Å². The van der Waals surface area contributed by atoms with E-state index in [1.54, 1.807) is 0 Å². The molecule has 0 saturated carbocycles. The monoisotopic (exact) mass is 358 g/mol. The predicted octanol–water partition coefficient (Wildman–Crippen LogP) is 3.31. The largest absolute Gasteiger partial charge is 0.365 e. The second-order valence-corrected chi connectivity index (χ2v) is 6.10. The van der Waals surface area contributed by atoms with Crippen molar-refractivity contribution >= 4 is 32.7 Å². The van der Waals surface area contributed by atoms with E-state index in [4.69, 9.17) is 0 Å². The lowest BCUT2D eigenvalue weighted by Crippen LogP contribution is -2.18. The Hall–Kier alpha value is -2.21. The molecular formula is C16H15BrN4O. The number of rotatable bonds is 3. The summed E-state index contributed by atoms with van der Waals surface area (Å²) in [6.07, 6.45) is 1.52. The van der Waals surface area contributed by atoms with Crippen molar-refractivity contribution in [2.75, 3.05) is 5.32 Å². The van der Waals surface area contributed by atoms with Gasteiger partial charge in [0.15, 0.2) is 0 Å². The summed E-state index contributed by atoms with van der Waals surface area (Å²) in [7, 11) is 0. The summed E-state index contributed by atoms with van der Waals surface area (Å²) in [6, 6.07) is 7.79. The van der Waals surface area contributed by atoms with Crippen molar-refractivity contribution in [2.24, 2.45) is 0 Å². The highest BCUT2D eigenvalue weighted by molar-refractivity contribution is 9.10. The van der Waals surface area contributed by atoms with Gasteiger partial charge in [-0.25, -0.2) is 9.97 Å². The maximum atomic E-state index is 12.1. The molecule has 0 saturated heterocycles. The highest BCUT2D eigenvalue weighted by atomic mass is 79.9. The predicted molar refractivity (Wildman–Crippen MR) is 91.1 cm³/mol. The van der Waals surface area contributed by atoms with Gasteiger partial charge < -0.3 is 10.3 Å². The second kappa shape index (κ2) is 5.88. The Morgan fingerprint density at radius 2 is 2.05 bits per heavy atom. The molecule has 6 heteroatoms. The zero-order valence-electron chi connectivity index (χ0n) is 12.3. The first kappa shape index (κ1) is 14.7. The van der Waals surface area contributed by atoms with Gasteiger partial charge in [-0.3, -0.25) is 4.79 Å². The van der Waals surface area contributed by atoms with Crippen LogP contribution < -0.4 is 10.9 Å². The maximum absolute atomic E-state index is 12.1. The van der Waals surface area contributed by atoms with Gasteiger partial charge in [0.1, 0.15) is 12.1 Å². The molecule has 0 aliphatic heterocycles. The Bertz CT molecular complexity index is 904. The van der Waals surface area contributed by atoms with Crippen LogP contribution in [0, 0.1) is 13.8 Å². The molecular weight excluding hydrogens is 344 g/mol. The fraction of sp³-hybridized carbons (Fsp3) is 0.188. The normalized spacial score (nSPS) is 10.9. The van der Waals surface area contributed by atoms with Gasteiger partial charge in [0.05, 0.1) is 5.52 Å². The standard InChI is InChI=1S/C16H15BrN4O/c1-9-5-10(2)21-16(22)13(9)7-18-15-12-6-11(17)3-4-14(12)19-8-20-15/h3-6,8H,7H2,1-2H3,(H,21,22)(H,18,19,20). The molecule has 0 atom stereocenters. The Morgan fingerprint density at radius 3 is 2.82 bits per heavy atom. The van der Waals surface area contributed by atoms with Crippen molar-refractivity contribution in [3.8, 4) is 0 Å². The lowest BCUT2D eigenvalue weighted by Gasteiger charge is -2.10. The third-order valence-corrected chi connectivity index (χ3v) is 4.02. The molecule has 3 aromatic rings. The molecule has 0 fully saturated rings. The number of hydrogen-bond donors (Lipinski definition) is 2. The second-order valence-electron chi connectivity index (χ2n) is 5.18. The third-order valence-electron chi connectivity index (χ3n) is 3.52. The molecule has 0 aliphatic rings. The Labute approximate surface area is 136 Å². The van der Waals surface area contributed by atoms with Gasteiger partial charge in [-0.15, -0.1) is 0 Å². The number of aromatic nitrogens is 3. The SMILES string of the molecule is Cc1cc(C)c(CNc2ncnc3ccc(Br)cc23)c(=O)[nH]1. The van der Waals surface area contributed by atoms with E-state index >= 15 is 0 Å². The van der Waals surface area contributed by atoms with Gasteiger partial charge in [-0.2, -0.15) is 0 Å². The van der Waals surface area contributed by atoms with Gasteiger partial charge in [0.2, 0.25) is 0 Å². The number of H-pyrrole nitrogens is 1. The van der Waals surface area contributed by atoms with E-state index in [1.165, 1.54) is 6.33 Å². The number of fused-ring (bicyclic) bond motifs is 1. The van der Waals surface area contributed by atoms with Gasteiger partial charge in [0.25, 0.3) is 5.56 Å². The maximum Gasteiger partial charge on any atom is 0.253 e. The molecule has 0 radical (unpaired) electrons. The van der Waals surface area contributed by atoms with Crippen LogP contribution in [0.1, 0.15) is 16.8 Å². The van der Waals surface area contributed by atoms with Crippen LogP contribution in [0.4, 0.5) is 5.82 Å². The van der Waals surface area contributed by atoms with Gasteiger partial charge in [-0.1, -0.05) is 15.9 Å². The highest BCUT2D eigenvalue weighted by Crippen LogP contribution is 2.23. The van der Waals surface area contributed by atoms with E-state index in [-0.39, 0.29) is 5.56 Å². The number of anilines is 1. The van der Waals surface area contributed by atoms with Crippen molar-refractivity contribution in [1.29, 1.82) is 0 Å². The lowest BCUT2D eigenvalue weighted by atomic mass is 10.1. The molecule has 0 bridgehead atoms. The van der Waals surface area contributed by atoms with Crippen molar-refractivity contribution in [2.45, 2.75) is 20.4 Å². The van der Waals surface area contributed by atoms with Crippen molar-refractivity contribution in [3.63, 3.8) is 0 Å². The summed E-state index contributed by atoms with van der Waals surface area (Å²) < 4.78 is 0.960. The lowest BCUT2D eigenvalue weighted by molar-refractivity contribution is 1.00. The summed E-state index contributed by atoms with van der Waals surface area (Å²) in [5.74, 6) is 0.714. The van der Waals surface area contributed by atoms with E-state index in [2.05, 4.69) is 36.2 Å². The number of hydrogen-bond acceptors (Lipinski definition) is 4. The summed E-state index contributed by atoms with van der Waals surface area (Å²) >= 11 is 3.46. The quantitative estimate of drug-likeness (QED) is 0.753. The van der Waals surface area contributed by atoms with Crippen LogP contribution in [0.5, 0.6) is 0 Å². The van der Waals surface area contributed by atoms with Crippen LogP contribution in [0.25, 0.3) is 10.9 Å². The average molecular weight is 359 g/mol. The van der Waals surface area contributed by atoms with Gasteiger partial charge >= 0.3 is 0 Å². The van der Waals surface area contributed by atoms with Crippen molar-refractivity contribution < 1.29 is 0 Å². The van der Waals surface area contributed by atoms with Crippen LogP contribution in [-0.2, 0) is 6.54 Å². The highest BCUT2D eigenvalue weighted by Gasteiger charge is 2.08. The fourth-order valence-electron chi connectivity index (χ4n) is 2.44. The zero-order valence-corrected chi connectivity index (χ0v) is 13.9. The smallest absolute Gasteiger partial charge is 0.253 e. The average Bonchev–Trinajstić information content (AvgIpc) is 2.46. The minimum Gasteiger partial charge on any atom is -0.365 e. The molecule has 1 aromatic carbocycles. The van der Waals surface area contributed by atoms with Crippen LogP contribution >= 0.6 is 15.9 Å². The molecule has 0 spiro atoms. The summed E-state index contributed by atoms with van der Waals surface area (Å²) in [5, 5.41) is 4.16. The summed E-state index contributed by atoms with van der Waals surface area (Å²) in [5.41, 5.74) is 3.34. The van der Waals surface area contributed by atoms with Crippen LogP contribution in [0.3, 0.4) is 0 Å². The molecule has 22 heavy (non-hydrogen) atoms. The summed E-state index contributed by atoms with van der Waals surface area (Å²) in [6.45, 7) is 4.23. The fourth-order valence-corrected chi connectivity index (χ4v) is 2.80. The number of nitrogens with one attached hydrogen (secondary N) is 2. The molecule has 0 amide bonds. The molecule has 5 nitrogen and oxygen atoms in total. The number of nitrogens with zero attached hydrogens (tertiary/aromatic N) is 2. The van der Waals surface area contributed by atoms with E-state index in [0.29, 0.717) is 17.9 Å². The van der Waals surface area contributed by atoms with Crippen molar-refractivity contribution in [3.05, 3.63) is 62.2 Å². The van der Waals surface area contributed by atoms with Crippen LogP contribution in [0.2, 0.25) is 0 Å². The number of aryl methyl sites for hydroxylation is 2. The number of pyridine rings is 1. The molecule has 0 unspecified atom stereocenters. The van der Waals surface area contributed by atoms with E-state index < -0.39 is 0 Å². The first-order valence-corrected chi connectivity index (χ1v) is 7.67. The van der Waals surface area contributed by atoms with Gasteiger partial charge in [-0.05, 0) is 43.7 Å². The van der Waals surface area contributed by atoms with Crippen LogP contribution in [0.15, 0.2) is 39.9 Å².